The van der Waals surface area contributed by atoms with Crippen LogP contribution in [0.15, 0.2) is 24.3 Å². The van der Waals surface area contributed by atoms with Gasteiger partial charge in [0.15, 0.2) is 0 Å². The first-order valence-corrected chi connectivity index (χ1v) is 8.20. The summed E-state index contributed by atoms with van der Waals surface area (Å²) in [4.78, 5) is 13.9. The van der Waals surface area contributed by atoms with Crippen LogP contribution in [0.1, 0.15) is 24.5 Å². The van der Waals surface area contributed by atoms with Gasteiger partial charge >= 0.3 is 6.03 Å². The number of ether oxygens (including phenoxy) is 2. The van der Waals surface area contributed by atoms with Gasteiger partial charge in [-0.2, -0.15) is 0 Å². The van der Waals surface area contributed by atoms with Gasteiger partial charge in [-0.3, -0.25) is 0 Å². The summed E-state index contributed by atoms with van der Waals surface area (Å²) in [6.45, 7) is 3.39. The van der Waals surface area contributed by atoms with E-state index < -0.39 is 0 Å². The minimum Gasteiger partial charge on any atom is -0.379 e. The van der Waals surface area contributed by atoms with E-state index >= 15 is 0 Å². The predicted octanol–water partition coefficient (Wildman–Crippen LogP) is 2.34. The van der Waals surface area contributed by atoms with Gasteiger partial charge in [-0.1, -0.05) is 12.1 Å². The van der Waals surface area contributed by atoms with E-state index in [1.165, 1.54) is 25.0 Å². The highest BCUT2D eigenvalue weighted by Gasteiger charge is 2.25. The number of rotatable bonds is 6. The van der Waals surface area contributed by atoms with Crippen LogP contribution in [0.25, 0.3) is 0 Å². The third kappa shape index (κ3) is 4.91. The van der Waals surface area contributed by atoms with Crippen LogP contribution in [-0.4, -0.2) is 50.4 Å². The standard InChI is InChI=1S/C17H23FN2O3/c18-15-5-3-14(4-6-15)16-11-20(8-10-23-16)17(21)19-7-9-22-12-13-1-2-13/h3-6,13,16H,1-2,7-12H2,(H,19,21)/t16-/m1/s1. The predicted molar refractivity (Wildman–Crippen MR) is 83.6 cm³/mol. The minimum absolute atomic E-state index is 0.101. The molecule has 126 valence electrons. The van der Waals surface area contributed by atoms with Gasteiger partial charge in [-0.25, -0.2) is 9.18 Å². The van der Waals surface area contributed by atoms with Gasteiger partial charge < -0.3 is 19.7 Å². The summed E-state index contributed by atoms with van der Waals surface area (Å²) in [5.74, 6) is 0.465. The number of nitrogens with zero attached hydrogens (tertiary/aromatic N) is 1. The number of amides is 2. The molecule has 2 fully saturated rings. The van der Waals surface area contributed by atoms with Crippen LogP contribution in [0.2, 0.25) is 0 Å². The van der Waals surface area contributed by atoms with Crippen LogP contribution in [0.4, 0.5) is 9.18 Å². The Bertz CT molecular complexity index is 519. The number of carbonyl (C=O) groups is 1. The Balaban J connectivity index is 1.41. The lowest BCUT2D eigenvalue weighted by Gasteiger charge is -2.33. The fourth-order valence-electron chi connectivity index (χ4n) is 2.59. The highest BCUT2D eigenvalue weighted by atomic mass is 19.1. The van der Waals surface area contributed by atoms with Gasteiger partial charge in [0.05, 0.1) is 19.8 Å². The second-order valence-corrected chi connectivity index (χ2v) is 6.11. The van der Waals surface area contributed by atoms with Gasteiger partial charge in [0.2, 0.25) is 0 Å². The Morgan fingerprint density at radius 1 is 1.35 bits per heavy atom. The first-order chi connectivity index (χ1) is 11.2. The van der Waals surface area contributed by atoms with Crippen molar-refractivity contribution in [2.75, 3.05) is 39.5 Å². The van der Waals surface area contributed by atoms with E-state index in [0.717, 1.165) is 18.1 Å². The van der Waals surface area contributed by atoms with E-state index in [0.29, 0.717) is 32.8 Å². The molecule has 0 aromatic heterocycles. The molecule has 1 aliphatic carbocycles. The third-order valence-corrected chi connectivity index (χ3v) is 4.17. The molecule has 6 heteroatoms. The van der Waals surface area contributed by atoms with Crippen LogP contribution < -0.4 is 5.32 Å². The van der Waals surface area contributed by atoms with Crippen molar-refractivity contribution < 1.29 is 18.7 Å². The van der Waals surface area contributed by atoms with E-state index in [2.05, 4.69) is 5.32 Å². The zero-order chi connectivity index (χ0) is 16.1. The van der Waals surface area contributed by atoms with E-state index in [-0.39, 0.29) is 18.0 Å². The Hall–Kier alpha value is -1.66. The summed E-state index contributed by atoms with van der Waals surface area (Å²) in [5.41, 5.74) is 0.886. The van der Waals surface area contributed by atoms with Crippen LogP contribution in [0.3, 0.4) is 0 Å². The zero-order valence-corrected chi connectivity index (χ0v) is 13.2. The molecule has 1 aliphatic heterocycles. The Labute approximate surface area is 135 Å². The van der Waals surface area contributed by atoms with Gasteiger partial charge in [-0.05, 0) is 36.5 Å². The fraction of sp³-hybridized carbons (Fsp3) is 0.588. The molecular weight excluding hydrogens is 299 g/mol. The number of hydrogen-bond acceptors (Lipinski definition) is 3. The number of urea groups is 1. The van der Waals surface area contributed by atoms with Gasteiger partial charge in [0.1, 0.15) is 11.9 Å². The van der Waals surface area contributed by atoms with Gasteiger partial charge in [0.25, 0.3) is 0 Å². The molecule has 0 bridgehead atoms. The molecule has 1 saturated heterocycles. The van der Waals surface area contributed by atoms with Crippen molar-refractivity contribution >= 4 is 6.03 Å². The van der Waals surface area contributed by atoms with Crippen molar-refractivity contribution in [2.24, 2.45) is 5.92 Å². The molecule has 1 aromatic rings. The first kappa shape index (κ1) is 16.2. The zero-order valence-electron chi connectivity index (χ0n) is 13.2. The lowest BCUT2D eigenvalue weighted by molar-refractivity contribution is -0.0156. The van der Waals surface area contributed by atoms with E-state index in [4.69, 9.17) is 9.47 Å². The summed E-state index contributed by atoms with van der Waals surface area (Å²) in [6, 6.07) is 6.12. The second-order valence-electron chi connectivity index (χ2n) is 6.11. The van der Waals surface area contributed by atoms with Gasteiger partial charge in [-0.15, -0.1) is 0 Å². The minimum atomic E-state index is -0.273. The van der Waals surface area contributed by atoms with Crippen LogP contribution in [-0.2, 0) is 9.47 Å². The quantitative estimate of drug-likeness (QED) is 0.818. The van der Waals surface area contributed by atoms with Crippen LogP contribution >= 0.6 is 0 Å². The fourth-order valence-corrected chi connectivity index (χ4v) is 2.59. The summed E-state index contributed by atoms with van der Waals surface area (Å²) in [6.07, 6.45) is 2.33. The van der Waals surface area contributed by atoms with E-state index in [1.54, 1.807) is 17.0 Å². The summed E-state index contributed by atoms with van der Waals surface area (Å²) >= 11 is 0. The number of nitrogens with one attached hydrogen (secondary N) is 1. The molecule has 1 N–H and O–H groups in total. The topological polar surface area (TPSA) is 50.8 Å². The molecule has 0 radical (unpaired) electrons. The molecule has 0 unspecified atom stereocenters. The smallest absolute Gasteiger partial charge is 0.317 e. The largest absolute Gasteiger partial charge is 0.379 e. The number of benzene rings is 1. The summed E-state index contributed by atoms with van der Waals surface area (Å²) < 4.78 is 24.2. The van der Waals surface area contributed by atoms with E-state index in [1.807, 2.05) is 0 Å². The van der Waals surface area contributed by atoms with Crippen LogP contribution in [0, 0.1) is 11.7 Å². The number of halogens is 1. The Morgan fingerprint density at radius 3 is 2.87 bits per heavy atom. The Morgan fingerprint density at radius 2 is 2.13 bits per heavy atom. The average molecular weight is 322 g/mol. The first-order valence-electron chi connectivity index (χ1n) is 8.20. The maximum atomic E-state index is 13.0. The second kappa shape index (κ2) is 7.75. The molecule has 1 aromatic carbocycles. The third-order valence-electron chi connectivity index (χ3n) is 4.17. The van der Waals surface area contributed by atoms with Crippen molar-refractivity contribution in [3.8, 4) is 0 Å². The molecule has 2 aliphatic rings. The highest BCUT2D eigenvalue weighted by molar-refractivity contribution is 5.74. The highest BCUT2D eigenvalue weighted by Crippen LogP contribution is 2.28. The van der Waals surface area contributed by atoms with Crippen molar-refractivity contribution in [1.29, 1.82) is 0 Å². The van der Waals surface area contributed by atoms with Crippen molar-refractivity contribution in [3.63, 3.8) is 0 Å². The number of morpholine rings is 1. The van der Waals surface area contributed by atoms with Crippen LogP contribution in [0.5, 0.6) is 0 Å². The number of hydrogen-bond donors (Lipinski definition) is 1. The maximum Gasteiger partial charge on any atom is 0.317 e. The lowest BCUT2D eigenvalue weighted by atomic mass is 10.1. The molecule has 1 heterocycles. The van der Waals surface area contributed by atoms with Crippen molar-refractivity contribution in [1.82, 2.24) is 10.2 Å². The summed E-state index contributed by atoms with van der Waals surface area (Å²) in [5, 5.41) is 2.87. The van der Waals surface area contributed by atoms with Crippen molar-refractivity contribution in [3.05, 3.63) is 35.6 Å². The lowest BCUT2D eigenvalue weighted by Crippen LogP contribution is -2.47. The van der Waals surface area contributed by atoms with E-state index in [9.17, 15) is 9.18 Å². The molecule has 5 nitrogen and oxygen atoms in total. The Kier molecular flexibility index (Phi) is 5.46. The molecule has 1 atom stereocenters. The summed E-state index contributed by atoms with van der Waals surface area (Å²) in [7, 11) is 0. The number of carbonyl (C=O) groups excluding carboxylic acids is 1. The molecule has 1 saturated carbocycles. The normalized spacial score (nSPS) is 21.3. The molecule has 0 spiro atoms. The monoisotopic (exact) mass is 322 g/mol. The molecule has 23 heavy (non-hydrogen) atoms. The van der Waals surface area contributed by atoms with Gasteiger partial charge in [0, 0.05) is 19.7 Å². The van der Waals surface area contributed by atoms with Crippen molar-refractivity contribution in [2.45, 2.75) is 18.9 Å². The SMILES string of the molecule is O=C(NCCOCC1CC1)N1CCO[C@@H](c2ccc(F)cc2)C1. The molecule has 2 amide bonds. The maximum absolute atomic E-state index is 13.0. The average Bonchev–Trinajstić information content (AvgIpc) is 3.39. The molecular formula is C17H23FN2O3. The molecule has 3 rings (SSSR count).